The van der Waals surface area contributed by atoms with Gasteiger partial charge in [-0.1, -0.05) is 17.7 Å². The van der Waals surface area contributed by atoms with E-state index in [0.717, 1.165) is 5.56 Å². The highest BCUT2D eigenvalue weighted by Gasteiger charge is 2.31. The van der Waals surface area contributed by atoms with Crippen molar-refractivity contribution in [1.82, 2.24) is 4.90 Å². The number of rotatable bonds is 4. The smallest absolute Gasteiger partial charge is 0.398 e. The summed E-state index contributed by atoms with van der Waals surface area (Å²) >= 11 is 5.77. The number of anilines is 1. The fraction of sp³-hybridized carbons (Fsp3) is 0.500. The first-order valence-electron chi connectivity index (χ1n) is 5.54. The molecule has 0 bridgehead atoms. The summed E-state index contributed by atoms with van der Waals surface area (Å²) in [6.07, 6.45) is -4.21. The van der Waals surface area contributed by atoms with Crippen molar-refractivity contribution in [2.24, 2.45) is 0 Å². The number of hydrogen-bond donors (Lipinski definition) is 1. The van der Waals surface area contributed by atoms with Gasteiger partial charge in [0.15, 0.2) is 0 Å². The largest absolute Gasteiger partial charge is 0.401 e. The van der Waals surface area contributed by atoms with Crippen LogP contribution >= 0.6 is 11.6 Å². The van der Waals surface area contributed by atoms with Crippen LogP contribution in [0.25, 0.3) is 0 Å². The Labute approximate surface area is 110 Å². The third-order valence-corrected chi connectivity index (χ3v) is 2.90. The quantitative estimate of drug-likeness (QED) is 0.852. The van der Waals surface area contributed by atoms with Crippen LogP contribution in [-0.2, 0) is 6.54 Å². The molecule has 0 saturated carbocycles. The molecule has 0 aliphatic carbocycles. The number of halogens is 4. The molecule has 1 aromatic rings. The lowest BCUT2D eigenvalue weighted by Gasteiger charge is -2.27. The van der Waals surface area contributed by atoms with Gasteiger partial charge in [0, 0.05) is 12.6 Å². The molecule has 2 nitrogen and oxygen atoms in total. The Morgan fingerprint density at radius 2 is 1.94 bits per heavy atom. The maximum atomic E-state index is 12.4. The summed E-state index contributed by atoms with van der Waals surface area (Å²) in [6, 6.07) is 4.68. The van der Waals surface area contributed by atoms with E-state index in [-0.39, 0.29) is 12.6 Å². The minimum absolute atomic E-state index is 0.193. The molecule has 1 rings (SSSR count). The van der Waals surface area contributed by atoms with Crippen molar-refractivity contribution in [2.75, 3.05) is 12.3 Å². The monoisotopic (exact) mass is 280 g/mol. The van der Waals surface area contributed by atoms with Gasteiger partial charge in [0.2, 0.25) is 0 Å². The predicted octanol–water partition coefficient (Wildman–Crippen LogP) is 3.69. The molecule has 1 aromatic carbocycles. The van der Waals surface area contributed by atoms with Crippen LogP contribution in [0.15, 0.2) is 18.2 Å². The molecule has 0 heterocycles. The van der Waals surface area contributed by atoms with Gasteiger partial charge in [-0.3, -0.25) is 4.90 Å². The van der Waals surface area contributed by atoms with Gasteiger partial charge in [0.25, 0.3) is 0 Å². The molecule has 0 aliphatic rings. The lowest BCUT2D eigenvalue weighted by atomic mass is 10.1. The topological polar surface area (TPSA) is 29.3 Å². The molecule has 0 radical (unpaired) electrons. The van der Waals surface area contributed by atoms with Gasteiger partial charge >= 0.3 is 6.18 Å². The fourth-order valence-electron chi connectivity index (χ4n) is 1.58. The molecule has 0 unspecified atom stereocenters. The molecule has 0 atom stereocenters. The van der Waals surface area contributed by atoms with Crippen molar-refractivity contribution >= 4 is 17.3 Å². The van der Waals surface area contributed by atoms with Crippen LogP contribution in [0.4, 0.5) is 18.9 Å². The summed E-state index contributed by atoms with van der Waals surface area (Å²) in [4.78, 5) is 1.34. The SMILES string of the molecule is CC(C)N(Cc1ccc(Cl)c(N)c1)CC(F)(F)F. The van der Waals surface area contributed by atoms with E-state index in [1.807, 2.05) is 0 Å². The fourth-order valence-corrected chi connectivity index (χ4v) is 1.69. The van der Waals surface area contributed by atoms with Gasteiger partial charge in [0.05, 0.1) is 17.3 Å². The van der Waals surface area contributed by atoms with Crippen LogP contribution in [-0.4, -0.2) is 23.7 Å². The number of alkyl halides is 3. The van der Waals surface area contributed by atoms with E-state index in [9.17, 15) is 13.2 Å². The van der Waals surface area contributed by atoms with E-state index in [1.165, 1.54) is 4.90 Å². The first-order chi connectivity index (χ1) is 8.19. The lowest BCUT2D eigenvalue weighted by molar-refractivity contribution is -0.150. The van der Waals surface area contributed by atoms with Crippen LogP contribution in [0.2, 0.25) is 5.02 Å². The zero-order chi connectivity index (χ0) is 13.9. The summed E-state index contributed by atoms with van der Waals surface area (Å²) < 4.78 is 37.3. The van der Waals surface area contributed by atoms with Crippen molar-refractivity contribution in [1.29, 1.82) is 0 Å². The summed E-state index contributed by atoms with van der Waals surface area (Å²) in [7, 11) is 0. The third-order valence-electron chi connectivity index (χ3n) is 2.56. The van der Waals surface area contributed by atoms with Crippen molar-refractivity contribution in [2.45, 2.75) is 32.6 Å². The number of nitrogens with two attached hydrogens (primary N) is 1. The molecule has 2 N–H and O–H groups in total. The second-order valence-corrected chi connectivity index (χ2v) is 4.88. The Balaban J connectivity index is 2.80. The van der Waals surface area contributed by atoms with E-state index in [2.05, 4.69) is 0 Å². The first kappa shape index (κ1) is 15.1. The molecule has 102 valence electrons. The van der Waals surface area contributed by atoms with Crippen LogP contribution in [0.5, 0.6) is 0 Å². The van der Waals surface area contributed by atoms with Crippen LogP contribution < -0.4 is 5.73 Å². The maximum Gasteiger partial charge on any atom is 0.401 e. The van der Waals surface area contributed by atoms with Crippen molar-refractivity contribution in [3.05, 3.63) is 28.8 Å². The number of benzene rings is 1. The second-order valence-electron chi connectivity index (χ2n) is 4.47. The average Bonchev–Trinajstić information content (AvgIpc) is 2.20. The molecule has 18 heavy (non-hydrogen) atoms. The Morgan fingerprint density at radius 3 is 2.39 bits per heavy atom. The van der Waals surface area contributed by atoms with E-state index in [4.69, 9.17) is 17.3 Å². The highest BCUT2D eigenvalue weighted by molar-refractivity contribution is 6.33. The lowest BCUT2D eigenvalue weighted by Crippen LogP contribution is -2.38. The summed E-state index contributed by atoms with van der Waals surface area (Å²) in [5.74, 6) is 0. The molecule has 0 spiro atoms. The third kappa shape index (κ3) is 4.74. The zero-order valence-corrected chi connectivity index (χ0v) is 11.0. The van der Waals surface area contributed by atoms with Gasteiger partial charge in [-0.2, -0.15) is 13.2 Å². The summed E-state index contributed by atoms with van der Waals surface area (Å²) in [5, 5.41) is 0.408. The maximum absolute atomic E-state index is 12.4. The normalized spacial score (nSPS) is 12.4. The van der Waals surface area contributed by atoms with E-state index in [1.54, 1.807) is 32.0 Å². The van der Waals surface area contributed by atoms with Crippen molar-refractivity contribution in [3.63, 3.8) is 0 Å². The van der Waals surface area contributed by atoms with E-state index < -0.39 is 12.7 Å². The molecular weight excluding hydrogens is 265 g/mol. The summed E-state index contributed by atoms with van der Waals surface area (Å²) in [6.45, 7) is 2.71. The molecule has 0 fully saturated rings. The molecule has 0 saturated heterocycles. The molecule has 0 aromatic heterocycles. The molecule has 6 heteroatoms. The van der Waals surface area contributed by atoms with E-state index in [0.29, 0.717) is 10.7 Å². The van der Waals surface area contributed by atoms with E-state index >= 15 is 0 Å². The van der Waals surface area contributed by atoms with Crippen LogP contribution in [0, 0.1) is 0 Å². The average molecular weight is 281 g/mol. The Bertz CT molecular complexity index is 405. The van der Waals surface area contributed by atoms with Gasteiger partial charge in [-0.25, -0.2) is 0 Å². The Morgan fingerprint density at radius 1 is 1.33 bits per heavy atom. The van der Waals surface area contributed by atoms with Gasteiger partial charge in [0.1, 0.15) is 0 Å². The highest BCUT2D eigenvalue weighted by atomic mass is 35.5. The zero-order valence-electron chi connectivity index (χ0n) is 10.3. The first-order valence-corrected chi connectivity index (χ1v) is 5.91. The minimum Gasteiger partial charge on any atom is -0.398 e. The van der Waals surface area contributed by atoms with Gasteiger partial charge in [-0.15, -0.1) is 0 Å². The molecular formula is C12H16ClF3N2. The minimum atomic E-state index is -4.21. The van der Waals surface area contributed by atoms with Crippen molar-refractivity contribution in [3.8, 4) is 0 Å². The highest BCUT2D eigenvalue weighted by Crippen LogP contribution is 2.23. The second kappa shape index (κ2) is 5.80. The van der Waals surface area contributed by atoms with Gasteiger partial charge < -0.3 is 5.73 Å². The van der Waals surface area contributed by atoms with Crippen molar-refractivity contribution < 1.29 is 13.2 Å². The summed E-state index contributed by atoms with van der Waals surface area (Å²) in [5.41, 5.74) is 6.72. The standard InChI is InChI=1S/C12H16ClF3N2/c1-8(2)18(7-12(14,15)16)6-9-3-4-10(13)11(17)5-9/h3-5,8H,6-7,17H2,1-2H3. The number of nitrogens with zero attached hydrogens (tertiary/aromatic N) is 1. The Hall–Kier alpha value is -0.940. The predicted molar refractivity (Wildman–Crippen MR) is 67.5 cm³/mol. The molecule has 0 amide bonds. The molecule has 0 aliphatic heterocycles. The van der Waals surface area contributed by atoms with Crippen LogP contribution in [0.3, 0.4) is 0 Å². The number of hydrogen-bond acceptors (Lipinski definition) is 2. The van der Waals surface area contributed by atoms with Crippen LogP contribution in [0.1, 0.15) is 19.4 Å². The van der Waals surface area contributed by atoms with Gasteiger partial charge in [-0.05, 0) is 31.5 Å². The Kier molecular flexibility index (Phi) is 4.87. The number of nitrogen functional groups attached to an aromatic ring is 1.